The Hall–Kier alpha value is -6.89. The minimum atomic E-state index is -1.70. The van der Waals surface area contributed by atoms with Crippen LogP contribution in [0.4, 0.5) is 0 Å². The Morgan fingerprint density at radius 1 is 0.536 bits per heavy atom. The molecular weight excluding hydrogens is 1090 g/mol. The van der Waals surface area contributed by atoms with Crippen LogP contribution in [0, 0.1) is 11.8 Å². The van der Waals surface area contributed by atoms with Gasteiger partial charge in [-0.25, -0.2) is 0 Å². The van der Waals surface area contributed by atoms with Crippen LogP contribution in [0.3, 0.4) is 0 Å². The fourth-order valence-corrected chi connectivity index (χ4v) is 8.98. The number of nitrogens with two attached hydrogens (primary N) is 5. The number of amides is 11. The second kappa shape index (κ2) is 38.9. The molecule has 1 saturated heterocycles. The van der Waals surface area contributed by atoms with E-state index in [-0.39, 0.29) is 90.0 Å². The van der Waals surface area contributed by atoms with Gasteiger partial charge >= 0.3 is 0 Å². The van der Waals surface area contributed by atoms with Crippen LogP contribution in [0.2, 0.25) is 0 Å². The highest BCUT2D eigenvalue weighted by Crippen LogP contribution is 2.12. The minimum absolute atomic E-state index is 0.0181. The van der Waals surface area contributed by atoms with Gasteiger partial charge < -0.3 is 97.4 Å². The van der Waals surface area contributed by atoms with E-state index in [0.29, 0.717) is 17.9 Å². The van der Waals surface area contributed by atoms with Gasteiger partial charge in [-0.1, -0.05) is 70.9 Å². The largest absolute Gasteiger partial charge is 0.391 e. The molecule has 12 atom stereocenters. The standard InChI is InChI=1S/C55H96N16O13/c1-30(2)12-10-11-15-43(74)62-35(16-22-56)50(79)71-45(33(6)73)55(84)67-38(19-25-59)47(76)66-40-21-27-61-54(83)44(32(5)72)70-51(80)39(20-26-60)64-46(75)36(17-23-57)65-52(81)41(28-31(3)4)68-53(82)42(29-34-13-8-7-9-14-34)69-48(77)37(18-24-58)63-49(40)78/h7-9,13-14,30-33,35-42,44-45,72-73H,10-12,15-29,56-60H2,1-6H3,(H,61,83)(H,62,74)(H,63,78)(H,64,75)(H,65,81)(H,66,76)(H,67,84)(H,68,82)(H,69,77)(H,70,80)(H,71,79)/t32-,33?,35+,36+,37+,38+,39+,40+,41+,42-,44+,45+/m1/s1. The summed E-state index contributed by atoms with van der Waals surface area (Å²) in [5, 5.41) is 49.6. The maximum atomic E-state index is 14.5. The second-order valence-electron chi connectivity index (χ2n) is 21.9. The first-order valence-electron chi connectivity index (χ1n) is 29.0. The number of benzene rings is 1. The van der Waals surface area contributed by atoms with Crippen molar-refractivity contribution in [1.82, 2.24) is 58.5 Å². The Kier molecular flexibility index (Phi) is 33.9. The summed E-state index contributed by atoms with van der Waals surface area (Å²) in [4.78, 5) is 154. The summed E-state index contributed by atoms with van der Waals surface area (Å²) in [5.41, 5.74) is 29.9. The summed E-state index contributed by atoms with van der Waals surface area (Å²) in [7, 11) is 0. The number of hydrogen-bond donors (Lipinski definition) is 18. The Balaban J connectivity index is 2.69. The quantitative estimate of drug-likeness (QED) is 0.0348. The van der Waals surface area contributed by atoms with E-state index in [9.17, 15) is 63.0 Å². The summed E-state index contributed by atoms with van der Waals surface area (Å²) in [6, 6.07) is -6.23. The average molecular weight is 1190 g/mol. The number of aliphatic hydroxyl groups excluding tert-OH is 2. The molecule has 0 saturated carbocycles. The molecule has 29 heteroatoms. The molecule has 0 bridgehead atoms. The van der Waals surface area contributed by atoms with Crippen molar-refractivity contribution in [2.45, 2.75) is 191 Å². The van der Waals surface area contributed by atoms with E-state index < -0.39 is 151 Å². The highest BCUT2D eigenvalue weighted by Gasteiger charge is 2.37. The monoisotopic (exact) mass is 1190 g/mol. The van der Waals surface area contributed by atoms with Crippen LogP contribution in [0.1, 0.15) is 118 Å². The fraction of sp³-hybridized carbons (Fsp3) is 0.691. The highest BCUT2D eigenvalue weighted by atomic mass is 16.3. The highest BCUT2D eigenvalue weighted by molar-refractivity contribution is 5.99. The zero-order chi connectivity index (χ0) is 63.1. The molecule has 1 fully saturated rings. The van der Waals surface area contributed by atoms with Crippen LogP contribution in [0.15, 0.2) is 30.3 Å². The topological polar surface area (TPSA) is 491 Å². The third-order valence-corrected chi connectivity index (χ3v) is 13.6. The molecule has 1 heterocycles. The zero-order valence-corrected chi connectivity index (χ0v) is 49.5. The van der Waals surface area contributed by atoms with Crippen molar-refractivity contribution in [1.29, 1.82) is 0 Å². The Morgan fingerprint density at radius 3 is 1.52 bits per heavy atom. The maximum Gasteiger partial charge on any atom is 0.245 e. The number of carbonyl (C=O) groups is 11. The van der Waals surface area contributed by atoms with Gasteiger partial charge in [0.1, 0.15) is 60.4 Å². The van der Waals surface area contributed by atoms with E-state index in [0.717, 1.165) is 12.8 Å². The minimum Gasteiger partial charge on any atom is -0.391 e. The molecule has 29 nitrogen and oxygen atoms in total. The number of hydrogen-bond acceptors (Lipinski definition) is 18. The molecule has 474 valence electrons. The van der Waals surface area contributed by atoms with Crippen molar-refractivity contribution in [3.63, 3.8) is 0 Å². The van der Waals surface area contributed by atoms with E-state index >= 15 is 0 Å². The van der Waals surface area contributed by atoms with Gasteiger partial charge in [-0.15, -0.1) is 0 Å². The van der Waals surface area contributed by atoms with Crippen LogP contribution >= 0.6 is 0 Å². The molecule has 1 aromatic rings. The van der Waals surface area contributed by atoms with Crippen molar-refractivity contribution < 1.29 is 63.0 Å². The van der Waals surface area contributed by atoms with Crippen LogP contribution < -0.4 is 87.2 Å². The maximum absolute atomic E-state index is 14.5. The molecule has 0 aliphatic carbocycles. The summed E-state index contributed by atoms with van der Waals surface area (Å²) < 4.78 is 0. The SMILES string of the molecule is CC(C)CCCCC(=O)N[C@@H](CCN)C(=O)N[C@H](C(=O)N[C@@H](CCN)C(=O)N[C@H]1CCNC(=O)[C@H]([C@@H](C)O)NC(=O)[C@H](CCN)NC(=O)[C@H](CCN)NC(=O)[C@H](CC(C)C)NC(=O)[C@@H](Cc2ccccc2)NC(=O)[C@H](CCN)NC1=O)C(C)O. The molecule has 0 aromatic heterocycles. The molecule has 23 N–H and O–H groups in total. The average Bonchev–Trinajstić information content (AvgIpc) is 3.63. The van der Waals surface area contributed by atoms with Gasteiger partial charge in [0.15, 0.2) is 0 Å². The van der Waals surface area contributed by atoms with E-state index in [1.165, 1.54) is 13.8 Å². The lowest BCUT2D eigenvalue weighted by Gasteiger charge is -2.29. The fourth-order valence-electron chi connectivity index (χ4n) is 8.98. The number of nitrogens with one attached hydrogen (secondary N) is 11. The first kappa shape index (κ1) is 73.2. The van der Waals surface area contributed by atoms with E-state index in [1.807, 2.05) is 0 Å². The lowest BCUT2D eigenvalue weighted by molar-refractivity contribution is -0.137. The van der Waals surface area contributed by atoms with E-state index in [2.05, 4.69) is 72.3 Å². The third-order valence-electron chi connectivity index (χ3n) is 13.6. The number of carbonyl (C=O) groups excluding carboxylic acids is 11. The van der Waals surface area contributed by atoms with Gasteiger partial charge in [0, 0.05) is 19.4 Å². The molecule has 11 amide bonds. The molecule has 1 aliphatic rings. The molecule has 0 radical (unpaired) electrons. The zero-order valence-electron chi connectivity index (χ0n) is 49.5. The first-order valence-corrected chi connectivity index (χ1v) is 29.0. The Labute approximate surface area is 491 Å². The van der Waals surface area contributed by atoms with Gasteiger partial charge in [0.2, 0.25) is 65.0 Å². The van der Waals surface area contributed by atoms with Crippen LogP contribution in [0.25, 0.3) is 0 Å². The Bertz CT molecular complexity index is 2290. The van der Waals surface area contributed by atoms with Crippen molar-refractivity contribution in [3.8, 4) is 0 Å². The third kappa shape index (κ3) is 26.4. The van der Waals surface area contributed by atoms with Crippen molar-refractivity contribution in [3.05, 3.63) is 35.9 Å². The van der Waals surface area contributed by atoms with Gasteiger partial charge in [-0.3, -0.25) is 52.7 Å². The number of unbranched alkanes of at least 4 members (excludes halogenated alkanes) is 1. The summed E-state index contributed by atoms with van der Waals surface area (Å²) in [6.07, 6.45) is -2.10. The van der Waals surface area contributed by atoms with Crippen molar-refractivity contribution >= 4 is 65.0 Å². The van der Waals surface area contributed by atoms with Gasteiger partial charge in [-0.05, 0) is 115 Å². The lowest BCUT2D eigenvalue weighted by Crippen LogP contribution is -2.62. The van der Waals surface area contributed by atoms with Gasteiger partial charge in [-0.2, -0.15) is 0 Å². The molecule has 84 heavy (non-hydrogen) atoms. The predicted octanol–water partition coefficient (Wildman–Crippen LogP) is -5.63. The summed E-state index contributed by atoms with van der Waals surface area (Å²) in [6.45, 7) is 8.92. The van der Waals surface area contributed by atoms with Gasteiger partial charge in [0.25, 0.3) is 0 Å². The van der Waals surface area contributed by atoms with Crippen LogP contribution in [-0.2, 0) is 59.2 Å². The summed E-state index contributed by atoms with van der Waals surface area (Å²) in [5.74, 6) is -9.52. The Morgan fingerprint density at radius 2 is 1.02 bits per heavy atom. The number of aliphatic hydroxyl groups is 2. The van der Waals surface area contributed by atoms with Crippen LogP contribution in [0.5, 0.6) is 0 Å². The molecule has 1 aliphatic heterocycles. The molecule has 2 rings (SSSR count). The normalized spacial score (nSPS) is 22.7. The first-order chi connectivity index (χ1) is 39.8. The van der Waals surface area contributed by atoms with Crippen LogP contribution in [-0.4, -0.2) is 187 Å². The molecule has 1 unspecified atom stereocenters. The number of rotatable bonds is 28. The molecule has 0 spiro atoms. The summed E-state index contributed by atoms with van der Waals surface area (Å²) >= 11 is 0. The van der Waals surface area contributed by atoms with Crippen molar-refractivity contribution in [2.75, 3.05) is 39.3 Å². The smallest absolute Gasteiger partial charge is 0.245 e. The molecule has 1 aromatic carbocycles. The van der Waals surface area contributed by atoms with E-state index in [4.69, 9.17) is 28.7 Å². The second-order valence-corrected chi connectivity index (χ2v) is 21.9. The van der Waals surface area contributed by atoms with Gasteiger partial charge in [0.05, 0.1) is 12.2 Å². The lowest BCUT2D eigenvalue weighted by atomic mass is 10.00. The molecular formula is C55H96N16O13. The predicted molar refractivity (Wildman–Crippen MR) is 312 cm³/mol. The van der Waals surface area contributed by atoms with E-state index in [1.54, 1.807) is 44.2 Å². The van der Waals surface area contributed by atoms with Crippen molar-refractivity contribution in [2.24, 2.45) is 40.5 Å².